The van der Waals surface area contributed by atoms with Crippen molar-refractivity contribution in [2.45, 2.75) is 23.4 Å². The second-order valence-corrected chi connectivity index (χ2v) is 8.25. The first kappa shape index (κ1) is 20.1. The lowest BCUT2D eigenvalue weighted by molar-refractivity contribution is -0.115. The van der Waals surface area contributed by atoms with Gasteiger partial charge in [0.15, 0.2) is 4.34 Å². The molecule has 0 unspecified atom stereocenters. The van der Waals surface area contributed by atoms with Gasteiger partial charge in [0, 0.05) is 5.69 Å². The molecule has 1 amide bonds. The zero-order chi connectivity index (χ0) is 19.9. The maximum absolute atomic E-state index is 13.3. The van der Waals surface area contributed by atoms with Crippen LogP contribution >= 0.6 is 23.1 Å². The minimum absolute atomic E-state index is 0.160. The zero-order valence-electron chi connectivity index (χ0n) is 15.3. The lowest BCUT2D eigenvalue weighted by Crippen LogP contribution is -2.22. The average molecular weight is 419 g/mol. The summed E-state index contributed by atoms with van der Waals surface area (Å²) < 4.78 is 19.4. The molecule has 2 N–H and O–H groups in total. The summed E-state index contributed by atoms with van der Waals surface area (Å²) in [6.07, 6.45) is 0. The van der Waals surface area contributed by atoms with Gasteiger partial charge in [-0.25, -0.2) is 4.39 Å². The number of anilines is 3. The number of halogens is 1. The summed E-state index contributed by atoms with van der Waals surface area (Å²) in [6, 6.07) is 13.4. The van der Waals surface area contributed by atoms with Crippen LogP contribution in [-0.2, 0) is 4.79 Å². The van der Waals surface area contributed by atoms with Crippen molar-refractivity contribution >= 4 is 45.5 Å². The molecule has 0 saturated carbocycles. The van der Waals surface area contributed by atoms with Crippen LogP contribution in [0, 0.1) is 5.82 Å². The third kappa shape index (κ3) is 5.43. The van der Waals surface area contributed by atoms with Crippen LogP contribution in [0.3, 0.4) is 0 Å². The number of nitrogens with one attached hydrogen (secondary N) is 2. The van der Waals surface area contributed by atoms with Crippen LogP contribution in [0.1, 0.15) is 13.8 Å². The summed E-state index contributed by atoms with van der Waals surface area (Å²) in [5.41, 5.74) is 1.22. The van der Waals surface area contributed by atoms with Crippen molar-refractivity contribution in [2.24, 2.45) is 0 Å². The number of carbonyl (C=O) groups excluding carboxylic acids is 1. The van der Waals surface area contributed by atoms with E-state index in [-0.39, 0.29) is 17.0 Å². The zero-order valence-corrected chi connectivity index (χ0v) is 16.9. The Kier molecular flexibility index (Phi) is 6.83. The first-order valence-electron chi connectivity index (χ1n) is 8.60. The Morgan fingerprint density at radius 3 is 2.86 bits per heavy atom. The second-order valence-electron chi connectivity index (χ2n) is 5.69. The standard InChI is InChI=1S/C19H19FN4O2S2/c1-3-26-16-10-5-4-9-15(16)22-17(25)12(2)27-19-24-23-18(28-19)21-14-8-6-7-13(20)11-14/h4-12H,3H2,1-2H3,(H,21,23)(H,22,25)/t12-/m1/s1. The van der Waals surface area contributed by atoms with Gasteiger partial charge in [-0.2, -0.15) is 0 Å². The number of carbonyl (C=O) groups is 1. The van der Waals surface area contributed by atoms with Crippen molar-refractivity contribution < 1.29 is 13.9 Å². The van der Waals surface area contributed by atoms with Gasteiger partial charge >= 0.3 is 0 Å². The first-order chi connectivity index (χ1) is 13.5. The fourth-order valence-electron chi connectivity index (χ4n) is 2.29. The molecule has 0 bridgehead atoms. The monoisotopic (exact) mass is 418 g/mol. The van der Waals surface area contributed by atoms with E-state index in [9.17, 15) is 9.18 Å². The van der Waals surface area contributed by atoms with E-state index in [1.807, 2.05) is 25.1 Å². The molecule has 146 valence electrons. The summed E-state index contributed by atoms with van der Waals surface area (Å²) in [7, 11) is 0. The number of rotatable bonds is 8. The third-order valence-corrected chi connectivity index (χ3v) is 5.60. The minimum atomic E-state index is -0.385. The Morgan fingerprint density at radius 2 is 2.07 bits per heavy atom. The Balaban J connectivity index is 1.59. The third-order valence-electron chi connectivity index (χ3n) is 3.57. The topological polar surface area (TPSA) is 76.1 Å². The maximum atomic E-state index is 13.3. The van der Waals surface area contributed by atoms with Gasteiger partial charge in [0.25, 0.3) is 0 Å². The van der Waals surface area contributed by atoms with Gasteiger partial charge in [-0.3, -0.25) is 4.79 Å². The smallest absolute Gasteiger partial charge is 0.237 e. The highest BCUT2D eigenvalue weighted by Crippen LogP contribution is 2.31. The SMILES string of the molecule is CCOc1ccccc1NC(=O)[C@@H](C)Sc1nnc(Nc2cccc(F)c2)s1. The van der Waals surface area contributed by atoms with Crippen LogP contribution in [0.15, 0.2) is 52.9 Å². The summed E-state index contributed by atoms with van der Waals surface area (Å²) in [5, 5.41) is 14.2. The van der Waals surface area contributed by atoms with E-state index in [0.29, 0.717) is 33.2 Å². The van der Waals surface area contributed by atoms with Gasteiger partial charge in [-0.15, -0.1) is 10.2 Å². The van der Waals surface area contributed by atoms with Gasteiger partial charge in [0.1, 0.15) is 11.6 Å². The summed E-state index contributed by atoms with van der Waals surface area (Å²) in [4.78, 5) is 12.5. The number of aromatic nitrogens is 2. The molecule has 0 aliphatic carbocycles. The fraction of sp³-hybridized carbons (Fsp3) is 0.211. The van der Waals surface area contributed by atoms with Crippen LogP contribution < -0.4 is 15.4 Å². The predicted molar refractivity (Wildman–Crippen MR) is 111 cm³/mol. The van der Waals surface area contributed by atoms with Crippen LogP contribution in [0.2, 0.25) is 0 Å². The van der Waals surface area contributed by atoms with E-state index in [1.54, 1.807) is 25.1 Å². The summed E-state index contributed by atoms with van der Waals surface area (Å²) >= 11 is 2.60. The fourth-order valence-corrected chi connectivity index (χ4v) is 4.20. The van der Waals surface area contributed by atoms with Crippen molar-refractivity contribution in [3.05, 3.63) is 54.3 Å². The normalized spacial score (nSPS) is 11.7. The molecular formula is C19H19FN4O2S2. The number of benzene rings is 2. The molecule has 0 aliphatic rings. The highest BCUT2D eigenvalue weighted by Gasteiger charge is 2.18. The van der Waals surface area contributed by atoms with E-state index in [0.717, 1.165) is 0 Å². The van der Waals surface area contributed by atoms with E-state index in [2.05, 4.69) is 20.8 Å². The molecule has 0 spiro atoms. The molecule has 0 fully saturated rings. The van der Waals surface area contributed by atoms with Gasteiger partial charge in [0.05, 0.1) is 17.5 Å². The molecule has 1 aromatic heterocycles. The van der Waals surface area contributed by atoms with Crippen molar-refractivity contribution in [1.82, 2.24) is 10.2 Å². The highest BCUT2D eigenvalue weighted by molar-refractivity contribution is 8.02. The van der Waals surface area contributed by atoms with Crippen molar-refractivity contribution in [2.75, 3.05) is 17.2 Å². The first-order valence-corrected chi connectivity index (χ1v) is 10.3. The van der Waals surface area contributed by atoms with Crippen LogP contribution in [0.25, 0.3) is 0 Å². The maximum Gasteiger partial charge on any atom is 0.237 e. The number of ether oxygens (including phenoxy) is 1. The van der Waals surface area contributed by atoms with E-state index < -0.39 is 0 Å². The Bertz CT molecular complexity index is 951. The second kappa shape index (κ2) is 9.52. The van der Waals surface area contributed by atoms with Crippen LogP contribution in [0.5, 0.6) is 5.75 Å². The molecule has 2 aromatic carbocycles. The van der Waals surface area contributed by atoms with Gasteiger partial charge in [-0.1, -0.05) is 41.3 Å². The number of para-hydroxylation sites is 2. The molecule has 28 heavy (non-hydrogen) atoms. The molecule has 1 heterocycles. The van der Waals surface area contributed by atoms with Gasteiger partial charge in [-0.05, 0) is 44.2 Å². The summed E-state index contributed by atoms with van der Waals surface area (Å²) in [5.74, 6) is 0.141. The summed E-state index contributed by atoms with van der Waals surface area (Å²) in [6.45, 7) is 4.20. The molecule has 6 nitrogen and oxygen atoms in total. The number of hydrogen-bond acceptors (Lipinski definition) is 7. The molecule has 3 aromatic rings. The Hall–Kier alpha value is -2.65. The lowest BCUT2D eigenvalue weighted by Gasteiger charge is -2.13. The minimum Gasteiger partial charge on any atom is -0.492 e. The number of nitrogens with zero attached hydrogens (tertiary/aromatic N) is 2. The number of thioether (sulfide) groups is 1. The quantitative estimate of drug-likeness (QED) is 0.505. The Morgan fingerprint density at radius 1 is 1.25 bits per heavy atom. The predicted octanol–water partition coefficient (Wildman–Crippen LogP) is 4.94. The van der Waals surface area contributed by atoms with Crippen LogP contribution in [-0.4, -0.2) is 28.0 Å². The highest BCUT2D eigenvalue weighted by atomic mass is 32.2. The number of amides is 1. The van der Waals surface area contributed by atoms with Crippen LogP contribution in [0.4, 0.5) is 20.9 Å². The van der Waals surface area contributed by atoms with Gasteiger partial charge in [0.2, 0.25) is 11.0 Å². The van der Waals surface area contributed by atoms with Crippen molar-refractivity contribution in [3.63, 3.8) is 0 Å². The lowest BCUT2D eigenvalue weighted by atomic mass is 10.3. The molecule has 1 atom stereocenters. The molecule has 0 aliphatic heterocycles. The Labute approximate surface area is 170 Å². The largest absolute Gasteiger partial charge is 0.492 e. The van der Waals surface area contributed by atoms with Crippen molar-refractivity contribution in [1.29, 1.82) is 0 Å². The van der Waals surface area contributed by atoms with E-state index >= 15 is 0 Å². The van der Waals surface area contributed by atoms with E-state index in [1.165, 1.54) is 35.2 Å². The number of hydrogen-bond donors (Lipinski definition) is 2. The average Bonchev–Trinajstić information content (AvgIpc) is 3.10. The molecule has 9 heteroatoms. The molecule has 0 radical (unpaired) electrons. The van der Waals surface area contributed by atoms with Gasteiger partial charge < -0.3 is 15.4 Å². The van der Waals surface area contributed by atoms with E-state index in [4.69, 9.17) is 4.74 Å². The van der Waals surface area contributed by atoms with Crippen molar-refractivity contribution in [3.8, 4) is 5.75 Å². The molecular weight excluding hydrogens is 399 g/mol. The molecule has 0 saturated heterocycles. The molecule has 3 rings (SSSR count).